The van der Waals surface area contributed by atoms with Crippen molar-refractivity contribution in [3.05, 3.63) is 82.7 Å². The lowest BCUT2D eigenvalue weighted by molar-refractivity contribution is -0.142. The maximum absolute atomic E-state index is 13.5. The molecule has 0 aliphatic heterocycles. The number of anilines is 1. The number of para-hydroxylation sites is 1. The van der Waals surface area contributed by atoms with Crippen LogP contribution in [0.25, 0.3) is 0 Å². The smallest absolute Gasteiger partial charge is 0.342 e. The van der Waals surface area contributed by atoms with Crippen LogP contribution in [0.1, 0.15) is 40.9 Å². The summed E-state index contributed by atoms with van der Waals surface area (Å²) in [7, 11) is 1.46. The number of fused-ring (bicyclic) bond motifs is 1. The normalized spacial score (nSPS) is 14.4. The minimum Gasteiger partial charge on any atom is -0.342 e. The number of carbonyl (C=O) groups is 2. The van der Waals surface area contributed by atoms with Gasteiger partial charge in [-0.05, 0) is 49.4 Å². The van der Waals surface area contributed by atoms with Gasteiger partial charge < -0.3 is 10.2 Å². The van der Waals surface area contributed by atoms with E-state index in [-0.39, 0.29) is 24.0 Å². The molecule has 0 fully saturated rings. The van der Waals surface area contributed by atoms with Crippen LogP contribution >= 0.6 is 0 Å². The van der Waals surface area contributed by atoms with Crippen molar-refractivity contribution >= 4 is 17.5 Å². The summed E-state index contributed by atoms with van der Waals surface area (Å²) in [4.78, 5) is 27.7. The summed E-state index contributed by atoms with van der Waals surface area (Å²) in [5, 5.41) is 6.19. The van der Waals surface area contributed by atoms with Gasteiger partial charge in [0.2, 0.25) is 11.8 Å². The molecule has 6 nitrogen and oxygen atoms in total. The molecule has 2 amide bonds. The predicted octanol–water partition coefficient (Wildman–Crippen LogP) is 5.19. The van der Waals surface area contributed by atoms with Crippen LogP contribution in [0, 0.1) is 0 Å². The third kappa shape index (κ3) is 6.61. The molecular weight excluding hydrogens is 526 g/mol. The summed E-state index contributed by atoms with van der Waals surface area (Å²) in [6.45, 7) is -0.570. The van der Waals surface area contributed by atoms with E-state index in [0.29, 0.717) is 30.6 Å². The fraction of sp³-hybridized carbons (Fsp3) is 0.370. The van der Waals surface area contributed by atoms with Gasteiger partial charge in [-0.3, -0.25) is 14.3 Å². The summed E-state index contributed by atoms with van der Waals surface area (Å²) in [5.41, 5.74) is -0.891. The Labute approximate surface area is 220 Å². The SMILES string of the molecule is CN(C(=O)[C@H](Cc1cccc(C(F)(F)F)c1)NC(=O)Cn1nc(C(F)(F)F)c2c1CCCC2)c1ccccc1. The van der Waals surface area contributed by atoms with E-state index in [1.54, 1.807) is 30.3 Å². The van der Waals surface area contributed by atoms with Gasteiger partial charge in [-0.1, -0.05) is 36.4 Å². The van der Waals surface area contributed by atoms with Crippen LogP contribution in [0.15, 0.2) is 54.6 Å². The molecule has 0 saturated heterocycles. The molecule has 39 heavy (non-hydrogen) atoms. The van der Waals surface area contributed by atoms with Gasteiger partial charge in [-0.15, -0.1) is 0 Å². The van der Waals surface area contributed by atoms with Crippen molar-refractivity contribution in [2.75, 3.05) is 11.9 Å². The molecular formula is C27H26F6N4O2. The molecule has 0 bridgehead atoms. The molecule has 0 spiro atoms. The van der Waals surface area contributed by atoms with Gasteiger partial charge in [0.05, 0.1) is 5.56 Å². The second kappa shape index (κ2) is 11.1. The number of hydrogen-bond donors (Lipinski definition) is 1. The molecule has 1 aromatic heterocycles. The monoisotopic (exact) mass is 552 g/mol. The van der Waals surface area contributed by atoms with Crippen LogP contribution in [-0.4, -0.2) is 34.7 Å². The van der Waals surface area contributed by atoms with Crippen molar-refractivity contribution in [1.29, 1.82) is 0 Å². The lowest BCUT2D eigenvalue weighted by Gasteiger charge is -2.25. The fourth-order valence-corrected chi connectivity index (χ4v) is 4.73. The van der Waals surface area contributed by atoms with Crippen LogP contribution in [0.2, 0.25) is 0 Å². The maximum Gasteiger partial charge on any atom is 0.435 e. The van der Waals surface area contributed by atoms with Crippen molar-refractivity contribution in [2.45, 2.75) is 57.0 Å². The Kier molecular flexibility index (Phi) is 8.03. The summed E-state index contributed by atoms with van der Waals surface area (Å²) in [6, 6.07) is 11.5. The molecule has 0 radical (unpaired) electrons. The van der Waals surface area contributed by atoms with Gasteiger partial charge in [0.15, 0.2) is 5.69 Å². The van der Waals surface area contributed by atoms with E-state index in [0.717, 1.165) is 16.8 Å². The zero-order chi connectivity index (χ0) is 28.4. The molecule has 0 saturated carbocycles. The third-order valence-corrected chi connectivity index (χ3v) is 6.62. The zero-order valence-electron chi connectivity index (χ0n) is 20.9. The van der Waals surface area contributed by atoms with E-state index in [9.17, 15) is 35.9 Å². The first-order valence-electron chi connectivity index (χ1n) is 12.3. The molecule has 3 aromatic rings. The lowest BCUT2D eigenvalue weighted by Crippen LogP contribution is -2.49. The second-order valence-electron chi connectivity index (χ2n) is 9.39. The summed E-state index contributed by atoms with van der Waals surface area (Å²) in [6.07, 6.45) is -7.79. The van der Waals surface area contributed by atoms with Gasteiger partial charge in [-0.2, -0.15) is 31.4 Å². The van der Waals surface area contributed by atoms with E-state index in [2.05, 4.69) is 10.4 Å². The molecule has 1 aliphatic rings. The van der Waals surface area contributed by atoms with Crippen molar-refractivity contribution < 1.29 is 35.9 Å². The van der Waals surface area contributed by atoms with Gasteiger partial charge >= 0.3 is 12.4 Å². The topological polar surface area (TPSA) is 67.2 Å². The van der Waals surface area contributed by atoms with E-state index < -0.39 is 48.0 Å². The minimum absolute atomic E-state index is 0.0713. The number of aromatic nitrogens is 2. The third-order valence-electron chi connectivity index (χ3n) is 6.62. The quantitative estimate of drug-likeness (QED) is 0.411. The molecule has 2 aromatic carbocycles. The highest BCUT2D eigenvalue weighted by Gasteiger charge is 2.40. The first kappa shape index (κ1) is 28.2. The summed E-state index contributed by atoms with van der Waals surface area (Å²) >= 11 is 0. The molecule has 1 heterocycles. The van der Waals surface area contributed by atoms with Crippen molar-refractivity contribution in [3.8, 4) is 0 Å². The fourth-order valence-electron chi connectivity index (χ4n) is 4.73. The second-order valence-corrected chi connectivity index (χ2v) is 9.39. The largest absolute Gasteiger partial charge is 0.435 e. The van der Waals surface area contributed by atoms with E-state index >= 15 is 0 Å². The number of nitrogens with one attached hydrogen (secondary N) is 1. The first-order valence-corrected chi connectivity index (χ1v) is 12.3. The highest BCUT2D eigenvalue weighted by Crippen LogP contribution is 2.36. The maximum atomic E-state index is 13.5. The average molecular weight is 553 g/mol. The van der Waals surface area contributed by atoms with Gasteiger partial charge in [0.25, 0.3) is 0 Å². The Bertz CT molecular complexity index is 1330. The number of hydrogen-bond acceptors (Lipinski definition) is 3. The average Bonchev–Trinajstić information content (AvgIpc) is 3.26. The van der Waals surface area contributed by atoms with E-state index in [4.69, 9.17) is 0 Å². The minimum atomic E-state index is -4.68. The molecule has 1 aliphatic carbocycles. The molecule has 4 rings (SSSR count). The van der Waals surface area contributed by atoms with Crippen LogP contribution in [0.3, 0.4) is 0 Å². The number of rotatable bonds is 7. The Hall–Kier alpha value is -3.83. The molecule has 1 atom stereocenters. The number of likely N-dealkylation sites (N-methyl/N-ethyl adjacent to an activating group) is 1. The number of amides is 2. The molecule has 0 unspecified atom stereocenters. The predicted molar refractivity (Wildman–Crippen MR) is 131 cm³/mol. The summed E-state index contributed by atoms with van der Waals surface area (Å²) in [5.74, 6) is -1.39. The Balaban J connectivity index is 1.60. The zero-order valence-corrected chi connectivity index (χ0v) is 20.9. The molecule has 208 valence electrons. The first-order chi connectivity index (χ1) is 18.3. The number of halogens is 6. The van der Waals surface area contributed by atoms with Crippen LogP contribution < -0.4 is 10.2 Å². The van der Waals surface area contributed by atoms with Crippen molar-refractivity contribution in [3.63, 3.8) is 0 Å². The number of carbonyl (C=O) groups excluding carboxylic acids is 2. The van der Waals surface area contributed by atoms with Crippen LogP contribution in [0.5, 0.6) is 0 Å². The Morgan fingerprint density at radius 1 is 0.974 bits per heavy atom. The summed E-state index contributed by atoms with van der Waals surface area (Å²) < 4.78 is 81.4. The molecule has 1 N–H and O–H groups in total. The van der Waals surface area contributed by atoms with Gasteiger partial charge in [-0.25, -0.2) is 0 Å². The van der Waals surface area contributed by atoms with Gasteiger partial charge in [0, 0.05) is 30.4 Å². The van der Waals surface area contributed by atoms with Gasteiger partial charge in [0.1, 0.15) is 12.6 Å². The molecule has 12 heteroatoms. The van der Waals surface area contributed by atoms with E-state index in [1.807, 2.05) is 0 Å². The number of nitrogens with zero attached hydrogens (tertiary/aromatic N) is 3. The highest BCUT2D eigenvalue weighted by atomic mass is 19.4. The Morgan fingerprint density at radius 3 is 2.33 bits per heavy atom. The van der Waals surface area contributed by atoms with Crippen molar-refractivity contribution in [1.82, 2.24) is 15.1 Å². The highest BCUT2D eigenvalue weighted by molar-refractivity contribution is 5.99. The lowest BCUT2D eigenvalue weighted by atomic mass is 9.95. The Morgan fingerprint density at radius 2 is 1.67 bits per heavy atom. The number of benzene rings is 2. The van der Waals surface area contributed by atoms with Crippen LogP contribution in [0.4, 0.5) is 32.0 Å². The van der Waals surface area contributed by atoms with Crippen LogP contribution in [-0.2, 0) is 47.7 Å². The van der Waals surface area contributed by atoms with Crippen molar-refractivity contribution in [2.24, 2.45) is 0 Å². The van der Waals surface area contributed by atoms with E-state index in [1.165, 1.54) is 24.1 Å². The standard InChI is InChI=1S/C27H26F6N4O2/c1-36(19-10-3-2-4-11-19)25(39)21(15-17-8-7-9-18(14-17)26(28,29)30)34-23(38)16-37-22-13-6-5-12-20(22)24(35-37)27(31,32)33/h2-4,7-11,14,21H,5-6,12-13,15-16H2,1H3,(H,34,38)/t21-/m0/s1. The number of alkyl halides is 6.